The van der Waals surface area contributed by atoms with Gasteiger partial charge in [-0.2, -0.15) is 0 Å². The zero-order valence-corrected chi connectivity index (χ0v) is 28.8. The van der Waals surface area contributed by atoms with Gasteiger partial charge in [-0.1, -0.05) is 115 Å². The van der Waals surface area contributed by atoms with Gasteiger partial charge in [0.25, 0.3) is 0 Å². The van der Waals surface area contributed by atoms with Crippen molar-refractivity contribution >= 4 is 86.2 Å². The lowest BCUT2D eigenvalue weighted by molar-refractivity contribution is 0.666. The highest BCUT2D eigenvalue weighted by molar-refractivity contribution is 7.27. The summed E-state index contributed by atoms with van der Waals surface area (Å²) in [5, 5.41) is 8.43. The van der Waals surface area contributed by atoms with Gasteiger partial charge in [0.2, 0.25) is 5.95 Å². The molecule has 0 aliphatic heterocycles. The molecule has 0 spiro atoms. The Bertz CT molecular complexity index is 3230. The highest BCUT2D eigenvalue weighted by Crippen LogP contribution is 2.48. The molecule has 0 saturated carbocycles. The Hall–Kier alpha value is -6.30. The Morgan fingerprint density at radius 3 is 2.04 bits per heavy atom. The van der Waals surface area contributed by atoms with Crippen molar-refractivity contribution in [2.75, 3.05) is 0 Å². The highest BCUT2D eigenvalue weighted by Gasteiger charge is 2.25. The number of furan rings is 1. The number of benzene rings is 7. The molecule has 240 valence electrons. The SMILES string of the molecule is Cc1ccccc1-c1cccc(-c2nc(-n3c4ccccc4c4c5ccccc5c5c6ccccc6sc5c43)nc3c2oc2ccccc23)c1C. The zero-order chi connectivity index (χ0) is 33.8. The van der Waals surface area contributed by atoms with Crippen LogP contribution in [0.3, 0.4) is 0 Å². The lowest BCUT2D eigenvalue weighted by Gasteiger charge is -2.15. The number of fused-ring (bicyclic) bond motifs is 13. The average Bonchev–Trinajstić information content (AvgIpc) is 3.85. The van der Waals surface area contributed by atoms with Gasteiger partial charge in [-0.05, 0) is 71.1 Å². The van der Waals surface area contributed by atoms with Crippen molar-refractivity contribution in [2.24, 2.45) is 0 Å². The molecule has 0 N–H and O–H groups in total. The van der Waals surface area contributed by atoms with Crippen LogP contribution in [-0.2, 0) is 0 Å². The van der Waals surface area contributed by atoms with Gasteiger partial charge < -0.3 is 4.42 Å². The van der Waals surface area contributed by atoms with E-state index in [2.05, 4.69) is 146 Å². The number of hydrogen-bond donors (Lipinski definition) is 0. The molecule has 0 fully saturated rings. The maximum atomic E-state index is 6.65. The van der Waals surface area contributed by atoms with Crippen LogP contribution in [0.4, 0.5) is 0 Å². The van der Waals surface area contributed by atoms with E-state index in [1.54, 1.807) is 0 Å². The number of para-hydroxylation sites is 2. The second-order valence-corrected chi connectivity index (χ2v) is 14.4. The summed E-state index contributed by atoms with van der Waals surface area (Å²) in [4.78, 5) is 11.0. The summed E-state index contributed by atoms with van der Waals surface area (Å²) in [5.41, 5.74) is 11.1. The topological polar surface area (TPSA) is 43.9 Å². The van der Waals surface area contributed by atoms with Crippen molar-refractivity contribution in [1.29, 1.82) is 0 Å². The van der Waals surface area contributed by atoms with Crippen molar-refractivity contribution in [3.05, 3.63) is 151 Å². The van der Waals surface area contributed by atoms with Gasteiger partial charge in [-0.3, -0.25) is 4.57 Å². The molecule has 11 rings (SSSR count). The van der Waals surface area contributed by atoms with E-state index >= 15 is 0 Å². The molecule has 0 aliphatic rings. The molecule has 11 aromatic rings. The fourth-order valence-corrected chi connectivity index (χ4v) is 9.51. The first-order valence-corrected chi connectivity index (χ1v) is 18.1. The minimum Gasteiger partial charge on any atom is -0.452 e. The molecule has 4 heterocycles. The van der Waals surface area contributed by atoms with E-state index in [9.17, 15) is 0 Å². The fourth-order valence-electron chi connectivity index (χ4n) is 8.25. The van der Waals surface area contributed by atoms with Gasteiger partial charge in [0, 0.05) is 37.2 Å². The Kier molecular flexibility index (Phi) is 5.93. The van der Waals surface area contributed by atoms with E-state index in [1.807, 2.05) is 23.5 Å². The molecule has 51 heavy (non-hydrogen) atoms. The normalized spacial score (nSPS) is 12.1. The van der Waals surface area contributed by atoms with E-state index in [0.717, 1.165) is 44.3 Å². The third-order valence-corrected chi connectivity index (χ3v) is 11.8. The van der Waals surface area contributed by atoms with Crippen LogP contribution in [0.25, 0.3) is 103 Å². The van der Waals surface area contributed by atoms with Crippen molar-refractivity contribution in [3.63, 3.8) is 0 Å². The minimum absolute atomic E-state index is 0.630. The first kappa shape index (κ1) is 28.5. The molecule has 0 saturated heterocycles. The largest absolute Gasteiger partial charge is 0.452 e. The molecule has 0 atom stereocenters. The van der Waals surface area contributed by atoms with Gasteiger partial charge in [-0.15, -0.1) is 11.3 Å². The smallest absolute Gasteiger partial charge is 0.236 e. The first-order chi connectivity index (χ1) is 25.2. The zero-order valence-electron chi connectivity index (χ0n) is 27.9. The molecule has 4 nitrogen and oxygen atoms in total. The van der Waals surface area contributed by atoms with Crippen LogP contribution in [0, 0.1) is 13.8 Å². The second kappa shape index (κ2) is 10.6. The molecule has 0 bridgehead atoms. The summed E-state index contributed by atoms with van der Waals surface area (Å²) in [7, 11) is 0. The first-order valence-electron chi connectivity index (χ1n) is 17.3. The number of aromatic nitrogens is 3. The van der Waals surface area contributed by atoms with Gasteiger partial charge in [-0.25, -0.2) is 9.97 Å². The van der Waals surface area contributed by atoms with Gasteiger partial charge in [0.15, 0.2) is 5.58 Å². The number of nitrogens with zero attached hydrogens (tertiary/aromatic N) is 3. The third kappa shape index (κ3) is 3.95. The van der Waals surface area contributed by atoms with E-state index in [4.69, 9.17) is 14.4 Å². The highest BCUT2D eigenvalue weighted by atomic mass is 32.1. The van der Waals surface area contributed by atoms with E-state index in [0.29, 0.717) is 11.5 Å². The minimum atomic E-state index is 0.630. The van der Waals surface area contributed by atoms with Crippen molar-refractivity contribution in [3.8, 4) is 28.3 Å². The van der Waals surface area contributed by atoms with E-state index in [-0.39, 0.29) is 0 Å². The predicted octanol–water partition coefficient (Wildman–Crippen LogP) is 12.9. The lowest BCUT2D eigenvalue weighted by atomic mass is 9.92. The Balaban J connectivity index is 1.32. The molecule has 7 aromatic carbocycles. The molecular formula is C46H29N3OS. The standard InChI is InChI=1S/C46H29N3OS/c1-26-14-3-4-15-28(26)29-21-13-22-30(27(29)2)41-44-42(34-19-8-11-24-37(34)50-44)48-46(47-41)49-36-23-10-7-18-33(36)39-31-16-5-6-17-32(31)40-35-20-9-12-25-38(35)51-45(40)43(39)49/h3-25H,1-2H3. The van der Waals surface area contributed by atoms with Crippen LogP contribution < -0.4 is 0 Å². The average molecular weight is 672 g/mol. The summed E-state index contributed by atoms with van der Waals surface area (Å²) in [6.45, 7) is 4.36. The summed E-state index contributed by atoms with van der Waals surface area (Å²) < 4.78 is 11.5. The Morgan fingerprint density at radius 2 is 1.20 bits per heavy atom. The van der Waals surface area contributed by atoms with Crippen molar-refractivity contribution in [2.45, 2.75) is 13.8 Å². The maximum absolute atomic E-state index is 6.65. The lowest BCUT2D eigenvalue weighted by Crippen LogP contribution is -2.03. The summed E-state index contributed by atoms with van der Waals surface area (Å²) in [5.74, 6) is 0.630. The molecule has 0 amide bonds. The molecule has 4 aromatic heterocycles. The molecule has 0 unspecified atom stereocenters. The molecular weight excluding hydrogens is 643 g/mol. The predicted molar refractivity (Wildman–Crippen MR) is 214 cm³/mol. The molecule has 0 aliphatic carbocycles. The van der Waals surface area contributed by atoms with E-state index in [1.165, 1.54) is 58.4 Å². The molecule has 0 radical (unpaired) electrons. The van der Waals surface area contributed by atoms with Crippen LogP contribution in [0.2, 0.25) is 0 Å². The van der Waals surface area contributed by atoms with Crippen LogP contribution >= 0.6 is 11.3 Å². The van der Waals surface area contributed by atoms with Crippen LogP contribution in [-0.4, -0.2) is 14.5 Å². The van der Waals surface area contributed by atoms with Gasteiger partial charge >= 0.3 is 0 Å². The maximum Gasteiger partial charge on any atom is 0.236 e. The van der Waals surface area contributed by atoms with E-state index < -0.39 is 0 Å². The fraction of sp³-hybridized carbons (Fsp3) is 0.0435. The molecule has 5 heteroatoms. The van der Waals surface area contributed by atoms with Crippen LogP contribution in [0.5, 0.6) is 0 Å². The second-order valence-electron chi connectivity index (χ2n) is 13.4. The quantitative estimate of drug-likeness (QED) is 0.188. The van der Waals surface area contributed by atoms with Crippen molar-refractivity contribution < 1.29 is 4.42 Å². The Morgan fingerprint density at radius 1 is 0.549 bits per heavy atom. The van der Waals surface area contributed by atoms with Crippen LogP contribution in [0.15, 0.2) is 144 Å². The number of aryl methyl sites for hydroxylation is 1. The Labute approximate surface area is 296 Å². The monoisotopic (exact) mass is 671 g/mol. The summed E-state index contributed by atoms with van der Waals surface area (Å²) >= 11 is 1.85. The summed E-state index contributed by atoms with van der Waals surface area (Å²) in [6.07, 6.45) is 0. The number of hydrogen-bond acceptors (Lipinski definition) is 4. The van der Waals surface area contributed by atoms with Gasteiger partial charge in [0.05, 0.1) is 15.7 Å². The summed E-state index contributed by atoms with van der Waals surface area (Å²) in [6, 6.07) is 49.5. The van der Waals surface area contributed by atoms with Gasteiger partial charge in [0.1, 0.15) is 16.8 Å². The number of thiophene rings is 1. The van der Waals surface area contributed by atoms with Crippen molar-refractivity contribution in [1.82, 2.24) is 14.5 Å². The number of rotatable bonds is 3. The third-order valence-electron chi connectivity index (χ3n) is 10.6. The van der Waals surface area contributed by atoms with Crippen LogP contribution in [0.1, 0.15) is 11.1 Å².